The van der Waals surface area contributed by atoms with Crippen LogP contribution >= 0.6 is 7.57 Å². The van der Waals surface area contributed by atoms with Gasteiger partial charge < -0.3 is 0 Å². The van der Waals surface area contributed by atoms with Crippen LogP contribution in [0.2, 0.25) is 0 Å². The summed E-state index contributed by atoms with van der Waals surface area (Å²) >= 11 is 0. The standard InChI is InChI=1S/C24H52FP/c1-4-7-10-13-16-19-22-26(25,23-20-17-14-11-8-5-2)24-21-18-15-12-9-6-3/h26H,4-24H2,1-3H3. The Kier molecular flexibility index (Phi) is 20.4. The molecule has 0 atom stereocenters. The van der Waals surface area contributed by atoms with Crippen LogP contribution in [0.4, 0.5) is 4.20 Å². The Morgan fingerprint density at radius 2 is 0.615 bits per heavy atom. The molecule has 0 spiro atoms. The third kappa shape index (κ3) is 17.8. The molecule has 0 rings (SSSR count). The molecular formula is C24H52FP. The van der Waals surface area contributed by atoms with Crippen LogP contribution in [0.25, 0.3) is 0 Å². The van der Waals surface area contributed by atoms with Gasteiger partial charge in [0, 0.05) is 0 Å². The fraction of sp³-hybridized carbons (Fsp3) is 1.00. The molecule has 0 aromatic rings. The number of rotatable bonds is 21. The second-order valence-electron chi connectivity index (χ2n) is 8.70. The van der Waals surface area contributed by atoms with E-state index in [4.69, 9.17) is 0 Å². The van der Waals surface area contributed by atoms with Gasteiger partial charge in [-0.2, -0.15) is 0 Å². The molecular weight excluding hydrogens is 338 g/mol. The van der Waals surface area contributed by atoms with Crippen molar-refractivity contribution in [2.45, 2.75) is 136 Å². The molecule has 0 fully saturated rings. The molecule has 0 aliphatic heterocycles. The zero-order valence-electron chi connectivity index (χ0n) is 18.7. The van der Waals surface area contributed by atoms with Gasteiger partial charge in [-0.25, -0.2) is 0 Å². The van der Waals surface area contributed by atoms with Gasteiger partial charge >= 0.3 is 167 Å². The number of halogens is 1. The van der Waals surface area contributed by atoms with Crippen molar-refractivity contribution < 1.29 is 4.20 Å². The van der Waals surface area contributed by atoms with Gasteiger partial charge in [0.05, 0.1) is 0 Å². The molecule has 0 radical (unpaired) electrons. The predicted octanol–water partition coefficient (Wildman–Crippen LogP) is 9.70. The van der Waals surface area contributed by atoms with Gasteiger partial charge in [-0.3, -0.25) is 0 Å². The van der Waals surface area contributed by atoms with Gasteiger partial charge in [0.1, 0.15) is 0 Å². The van der Waals surface area contributed by atoms with Crippen molar-refractivity contribution in [3.63, 3.8) is 0 Å². The maximum atomic E-state index is 15.7. The SMILES string of the molecule is CCCCCCCC[PH](F)(CCCCCCCC)CCCCCCCC. The first-order valence-corrected chi connectivity index (χ1v) is 14.9. The molecule has 0 amide bonds. The van der Waals surface area contributed by atoms with Gasteiger partial charge in [0.2, 0.25) is 0 Å². The molecule has 2 heteroatoms. The number of hydrogen-bond acceptors (Lipinski definition) is 0. The molecule has 0 nitrogen and oxygen atoms in total. The van der Waals surface area contributed by atoms with E-state index in [0.29, 0.717) is 0 Å². The fourth-order valence-corrected chi connectivity index (χ4v) is 7.44. The molecule has 0 aliphatic carbocycles. The van der Waals surface area contributed by atoms with Crippen LogP contribution < -0.4 is 0 Å². The van der Waals surface area contributed by atoms with E-state index in [9.17, 15) is 0 Å². The molecule has 0 saturated carbocycles. The molecule has 0 bridgehead atoms. The van der Waals surface area contributed by atoms with E-state index in [-0.39, 0.29) is 0 Å². The van der Waals surface area contributed by atoms with E-state index >= 15 is 4.20 Å². The normalized spacial score (nSPS) is 12.6. The molecule has 26 heavy (non-hydrogen) atoms. The van der Waals surface area contributed by atoms with Gasteiger partial charge in [-0.1, -0.05) is 0 Å². The Bertz CT molecular complexity index is 226. The van der Waals surface area contributed by atoms with Gasteiger partial charge in [0.15, 0.2) is 0 Å². The minimum atomic E-state index is -2.45. The molecule has 0 unspecified atom stereocenters. The Morgan fingerprint density at radius 3 is 0.885 bits per heavy atom. The Labute approximate surface area is 167 Å². The second-order valence-corrected chi connectivity index (χ2v) is 12.5. The summed E-state index contributed by atoms with van der Waals surface area (Å²) in [6.45, 7) is 6.79. The summed E-state index contributed by atoms with van der Waals surface area (Å²) in [4.78, 5) is 0. The zero-order valence-corrected chi connectivity index (χ0v) is 19.7. The van der Waals surface area contributed by atoms with Crippen molar-refractivity contribution in [1.82, 2.24) is 0 Å². The maximum absolute atomic E-state index is 15.7. The zero-order chi connectivity index (χ0) is 19.3. The molecule has 0 heterocycles. The summed E-state index contributed by atoms with van der Waals surface area (Å²) < 4.78 is 15.7. The van der Waals surface area contributed by atoms with E-state index in [1.54, 1.807) is 0 Å². The van der Waals surface area contributed by atoms with Gasteiger partial charge in [-0.05, 0) is 0 Å². The monoisotopic (exact) mass is 390 g/mol. The van der Waals surface area contributed by atoms with Crippen LogP contribution in [0, 0.1) is 0 Å². The Balaban J connectivity index is 4.02. The number of hydrogen-bond donors (Lipinski definition) is 0. The predicted molar refractivity (Wildman–Crippen MR) is 124 cm³/mol. The van der Waals surface area contributed by atoms with Gasteiger partial charge in [-0.15, -0.1) is 0 Å². The molecule has 0 aromatic heterocycles. The van der Waals surface area contributed by atoms with Crippen molar-refractivity contribution >= 4 is 7.57 Å². The second kappa shape index (κ2) is 20.1. The van der Waals surface area contributed by atoms with Crippen LogP contribution in [0.15, 0.2) is 0 Å². The molecule has 160 valence electrons. The molecule has 0 N–H and O–H groups in total. The summed E-state index contributed by atoms with van der Waals surface area (Å²) in [5, 5.41) is 0. The van der Waals surface area contributed by atoms with Crippen LogP contribution in [0.5, 0.6) is 0 Å². The van der Waals surface area contributed by atoms with Crippen molar-refractivity contribution in [1.29, 1.82) is 0 Å². The topological polar surface area (TPSA) is 0 Å². The van der Waals surface area contributed by atoms with E-state index in [0.717, 1.165) is 37.7 Å². The quantitative estimate of drug-likeness (QED) is 0.135. The van der Waals surface area contributed by atoms with Crippen LogP contribution in [0.3, 0.4) is 0 Å². The minimum absolute atomic E-state index is 0.961. The van der Waals surface area contributed by atoms with Crippen LogP contribution in [-0.4, -0.2) is 18.5 Å². The Hall–Kier alpha value is 0.360. The van der Waals surface area contributed by atoms with Gasteiger partial charge in [0.25, 0.3) is 0 Å². The van der Waals surface area contributed by atoms with Crippen molar-refractivity contribution in [2.75, 3.05) is 18.5 Å². The van der Waals surface area contributed by atoms with Crippen molar-refractivity contribution in [2.24, 2.45) is 0 Å². The number of unbranched alkanes of at least 4 members (excludes halogenated alkanes) is 15. The van der Waals surface area contributed by atoms with E-state index in [2.05, 4.69) is 20.8 Å². The molecule has 0 saturated heterocycles. The summed E-state index contributed by atoms with van der Waals surface area (Å²) in [7, 11) is -2.45. The fourth-order valence-electron chi connectivity index (χ4n) is 4.04. The van der Waals surface area contributed by atoms with E-state index in [1.807, 2.05) is 0 Å². The average molecular weight is 391 g/mol. The first-order valence-electron chi connectivity index (χ1n) is 12.4. The van der Waals surface area contributed by atoms with Crippen LogP contribution in [-0.2, 0) is 0 Å². The molecule has 0 aromatic carbocycles. The van der Waals surface area contributed by atoms with E-state index < -0.39 is 7.57 Å². The summed E-state index contributed by atoms with van der Waals surface area (Å²) in [5.41, 5.74) is 0. The third-order valence-electron chi connectivity index (χ3n) is 5.94. The summed E-state index contributed by atoms with van der Waals surface area (Å²) in [6.07, 6.45) is 26.2. The first-order chi connectivity index (χ1) is 12.7. The van der Waals surface area contributed by atoms with E-state index in [1.165, 1.54) is 96.3 Å². The van der Waals surface area contributed by atoms with Crippen LogP contribution in [0.1, 0.15) is 136 Å². The molecule has 0 aliphatic rings. The summed E-state index contributed by atoms with van der Waals surface area (Å²) in [5.74, 6) is 0. The summed E-state index contributed by atoms with van der Waals surface area (Å²) in [6, 6.07) is 0. The third-order valence-corrected chi connectivity index (χ3v) is 9.68. The Morgan fingerprint density at radius 1 is 0.385 bits per heavy atom. The van der Waals surface area contributed by atoms with Crippen molar-refractivity contribution in [3.8, 4) is 0 Å². The first kappa shape index (κ1) is 26.4. The average Bonchev–Trinajstić information content (AvgIpc) is 2.64. The van der Waals surface area contributed by atoms with Crippen molar-refractivity contribution in [3.05, 3.63) is 0 Å².